The van der Waals surface area contributed by atoms with E-state index in [0.717, 1.165) is 16.5 Å². The second-order valence-electron chi connectivity index (χ2n) is 5.04. The van der Waals surface area contributed by atoms with Gasteiger partial charge < -0.3 is 9.63 Å². The van der Waals surface area contributed by atoms with Gasteiger partial charge in [-0.15, -0.1) is 11.8 Å². The van der Waals surface area contributed by atoms with E-state index in [1.54, 1.807) is 11.8 Å². The van der Waals surface area contributed by atoms with Crippen LogP contribution in [0.2, 0.25) is 0 Å². The second-order valence-corrected chi connectivity index (χ2v) is 7.51. The third kappa shape index (κ3) is 6.16. The lowest BCUT2D eigenvalue weighted by atomic mass is 10.1. The molecule has 0 aliphatic carbocycles. The van der Waals surface area contributed by atoms with Crippen LogP contribution >= 0.6 is 35.9 Å². The Kier molecular flexibility index (Phi) is 7.61. The Morgan fingerprint density at radius 3 is 2.32 bits per heavy atom. The molecule has 136 valence electrons. The highest BCUT2D eigenvalue weighted by molar-refractivity contribution is 9.10. The lowest BCUT2D eigenvalue weighted by molar-refractivity contribution is -0.186. The van der Waals surface area contributed by atoms with Crippen LogP contribution in [0.4, 0.5) is 8.78 Å². The molecule has 0 saturated carbocycles. The van der Waals surface area contributed by atoms with Gasteiger partial charge in [-0.05, 0) is 41.6 Å². The highest BCUT2D eigenvalue weighted by Gasteiger charge is 2.37. The van der Waals surface area contributed by atoms with Crippen molar-refractivity contribution in [3.05, 3.63) is 63.6 Å². The van der Waals surface area contributed by atoms with Gasteiger partial charge in [0.05, 0.1) is 18.8 Å². The van der Waals surface area contributed by atoms with Gasteiger partial charge in [0.1, 0.15) is 0 Å². The third-order valence-electron chi connectivity index (χ3n) is 3.26. The van der Waals surface area contributed by atoms with Gasteiger partial charge in [0.2, 0.25) is 0 Å². The smallest absolute Gasteiger partial charge is 0.372 e. The molecule has 0 aromatic heterocycles. The number of alkyl halides is 2. The van der Waals surface area contributed by atoms with Crippen molar-refractivity contribution in [2.24, 2.45) is 0 Å². The standard InChI is InChI=1S/C16H16BrF2O4PS/c1-25-13-5-2-11(3-6-13)9-22-10-12-4-7-14(15(17)8-12)16(18,19)23-24(20)21/h2-8,24H,9-10H2,1H3,(H,20,21). The summed E-state index contributed by atoms with van der Waals surface area (Å²) in [4.78, 5) is 9.72. The molecule has 0 radical (unpaired) electrons. The van der Waals surface area contributed by atoms with E-state index in [2.05, 4.69) is 20.5 Å². The van der Waals surface area contributed by atoms with Crippen LogP contribution in [0.5, 0.6) is 0 Å². The van der Waals surface area contributed by atoms with Crippen molar-refractivity contribution in [3.8, 4) is 0 Å². The topological polar surface area (TPSA) is 55.8 Å². The minimum atomic E-state index is -3.85. The highest BCUT2D eigenvalue weighted by Crippen LogP contribution is 2.40. The molecule has 9 heteroatoms. The summed E-state index contributed by atoms with van der Waals surface area (Å²) >= 11 is 4.69. The fourth-order valence-electron chi connectivity index (χ4n) is 2.06. The Hall–Kier alpha value is -0.760. The van der Waals surface area contributed by atoms with Crippen LogP contribution in [0, 0.1) is 0 Å². The largest absolute Gasteiger partial charge is 0.390 e. The van der Waals surface area contributed by atoms with E-state index in [1.807, 2.05) is 30.5 Å². The van der Waals surface area contributed by atoms with E-state index < -0.39 is 19.9 Å². The minimum absolute atomic E-state index is 0.0752. The molecule has 0 amide bonds. The number of hydrogen-bond acceptors (Lipinski definition) is 4. The molecule has 0 spiro atoms. The first-order valence-electron chi connectivity index (χ1n) is 7.11. The fraction of sp³-hybridized carbons (Fsp3) is 0.250. The molecule has 25 heavy (non-hydrogen) atoms. The molecule has 0 fully saturated rings. The summed E-state index contributed by atoms with van der Waals surface area (Å²) in [5.74, 6) is 0. The zero-order valence-electron chi connectivity index (χ0n) is 13.2. The number of ether oxygens (including phenoxy) is 1. The Balaban J connectivity index is 1.97. The predicted molar refractivity (Wildman–Crippen MR) is 97.1 cm³/mol. The lowest BCUT2D eigenvalue weighted by Crippen LogP contribution is -2.15. The molecule has 2 rings (SSSR count). The maximum Gasteiger partial charge on any atom is 0.390 e. The van der Waals surface area contributed by atoms with E-state index in [1.165, 1.54) is 12.1 Å². The molecule has 2 aromatic carbocycles. The van der Waals surface area contributed by atoms with Crippen molar-refractivity contribution in [3.63, 3.8) is 0 Å². The first kappa shape index (κ1) is 20.6. The minimum Gasteiger partial charge on any atom is -0.372 e. The SMILES string of the molecule is CSc1ccc(COCc2ccc(C(F)(F)O[PH](=O)O)c(Br)c2)cc1. The Bertz CT molecular complexity index is 743. The van der Waals surface area contributed by atoms with Crippen LogP contribution in [-0.2, 0) is 33.1 Å². The molecular formula is C16H16BrF2O4PS. The molecule has 0 aliphatic rings. The van der Waals surface area contributed by atoms with Gasteiger partial charge >= 0.3 is 14.4 Å². The van der Waals surface area contributed by atoms with Gasteiger partial charge in [0, 0.05) is 9.37 Å². The zero-order chi connectivity index (χ0) is 18.4. The second kappa shape index (κ2) is 9.26. The van der Waals surface area contributed by atoms with Crippen molar-refractivity contribution in [1.29, 1.82) is 0 Å². The van der Waals surface area contributed by atoms with Gasteiger partial charge in [0.25, 0.3) is 0 Å². The van der Waals surface area contributed by atoms with Gasteiger partial charge in [-0.25, -0.2) is 4.52 Å². The van der Waals surface area contributed by atoms with E-state index >= 15 is 0 Å². The van der Waals surface area contributed by atoms with Crippen LogP contribution < -0.4 is 0 Å². The third-order valence-corrected chi connectivity index (χ3v) is 5.09. The van der Waals surface area contributed by atoms with Crippen molar-refractivity contribution in [2.75, 3.05) is 6.26 Å². The normalized spacial score (nSPS) is 13.0. The van der Waals surface area contributed by atoms with Crippen LogP contribution in [0.3, 0.4) is 0 Å². The maximum atomic E-state index is 13.7. The summed E-state index contributed by atoms with van der Waals surface area (Å²) in [7, 11) is -3.76. The van der Waals surface area contributed by atoms with Gasteiger partial charge in [-0.2, -0.15) is 8.78 Å². The molecule has 0 saturated heterocycles. The molecule has 0 heterocycles. The van der Waals surface area contributed by atoms with Crippen molar-refractivity contribution < 1.29 is 27.5 Å². The number of benzene rings is 2. The summed E-state index contributed by atoms with van der Waals surface area (Å²) < 4.78 is 47.4. The Morgan fingerprint density at radius 1 is 1.16 bits per heavy atom. The van der Waals surface area contributed by atoms with E-state index in [9.17, 15) is 13.3 Å². The molecule has 2 aromatic rings. The molecule has 1 unspecified atom stereocenters. The number of thioether (sulfide) groups is 1. The quantitative estimate of drug-likeness (QED) is 0.432. The van der Waals surface area contributed by atoms with Gasteiger partial charge in [0.15, 0.2) is 0 Å². The summed E-state index contributed by atoms with van der Waals surface area (Å²) in [6.45, 7) is 0.645. The first-order chi connectivity index (χ1) is 11.8. The highest BCUT2D eigenvalue weighted by atomic mass is 79.9. The van der Waals surface area contributed by atoms with Crippen LogP contribution in [0.15, 0.2) is 51.8 Å². The van der Waals surface area contributed by atoms with Crippen LogP contribution in [-0.4, -0.2) is 11.1 Å². The van der Waals surface area contributed by atoms with Gasteiger partial charge in [-0.1, -0.05) is 34.1 Å². The Labute approximate surface area is 157 Å². The van der Waals surface area contributed by atoms with Crippen molar-refractivity contribution in [2.45, 2.75) is 24.2 Å². The molecule has 0 aliphatic heterocycles. The lowest BCUT2D eigenvalue weighted by Gasteiger charge is -2.17. The monoisotopic (exact) mass is 452 g/mol. The van der Waals surface area contributed by atoms with Gasteiger partial charge in [-0.3, -0.25) is 4.57 Å². The Morgan fingerprint density at radius 2 is 1.76 bits per heavy atom. The molecule has 0 bridgehead atoms. The summed E-state index contributed by atoms with van der Waals surface area (Å²) in [5.41, 5.74) is 1.18. The number of halogens is 3. The van der Waals surface area contributed by atoms with Crippen LogP contribution in [0.25, 0.3) is 0 Å². The van der Waals surface area contributed by atoms with Crippen molar-refractivity contribution >= 4 is 35.9 Å². The number of rotatable bonds is 8. The van der Waals surface area contributed by atoms with E-state index in [-0.39, 0.29) is 11.1 Å². The average Bonchev–Trinajstić information content (AvgIpc) is 2.54. The van der Waals surface area contributed by atoms with Crippen molar-refractivity contribution in [1.82, 2.24) is 0 Å². The molecule has 4 nitrogen and oxygen atoms in total. The maximum absolute atomic E-state index is 13.7. The van der Waals surface area contributed by atoms with E-state index in [4.69, 9.17) is 9.63 Å². The summed E-state index contributed by atoms with van der Waals surface area (Å²) in [6, 6.07) is 12.0. The predicted octanol–water partition coefficient (Wildman–Crippen LogP) is 5.34. The zero-order valence-corrected chi connectivity index (χ0v) is 16.6. The molecule has 1 N–H and O–H groups in total. The average molecular weight is 453 g/mol. The fourth-order valence-corrected chi connectivity index (χ4v) is 3.45. The van der Waals surface area contributed by atoms with E-state index in [0.29, 0.717) is 12.2 Å². The summed E-state index contributed by atoms with van der Waals surface area (Å²) in [5, 5.41) is 0. The molecule has 1 atom stereocenters. The van der Waals surface area contributed by atoms with Crippen LogP contribution in [0.1, 0.15) is 16.7 Å². The summed E-state index contributed by atoms with van der Waals surface area (Å²) in [6.07, 6.45) is -1.84. The number of hydrogen-bond donors (Lipinski definition) is 1. The molecular weight excluding hydrogens is 437 g/mol. The first-order valence-corrected chi connectivity index (χ1v) is 10.4.